The van der Waals surface area contributed by atoms with Gasteiger partial charge in [-0.05, 0) is 30.5 Å². The zero-order chi connectivity index (χ0) is 20.1. The molecule has 1 aliphatic rings. The summed E-state index contributed by atoms with van der Waals surface area (Å²) in [7, 11) is 0. The number of carbonyl (C=O) groups is 3. The number of carboxylic acids is 1. The summed E-state index contributed by atoms with van der Waals surface area (Å²) in [6.07, 6.45) is 0.768. The van der Waals surface area contributed by atoms with E-state index in [0.717, 1.165) is 5.56 Å². The van der Waals surface area contributed by atoms with Gasteiger partial charge in [0.2, 0.25) is 5.91 Å². The number of carboxylic acid groups (broad SMARTS) is 1. The van der Waals surface area contributed by atoms with Crippen LogP contribution in [0.3, 0.4) is 0 Å². The Labute approximate surface area is 159 Å². The first-order valence-electron chi connectivity index (χ1n) is 9.11. The van der Waals surface area contributed by atoms with Gasteiger partial charge in [0.1, 0.15) is 0 Å². The zero-order valence-electron chi connectivity index (χ0n) is 16.1. The van der Waals surface area contributed by atoms with Gasteiger partial charge in [-0.15, -0.1) is 0 Å². The Morgan fingerprint density at radius 3 is 2.19 bits per heavy atom. The van der Waals surface area contributed by atoms with E-state index in [-0.39, 0.29) is 18.4 Å². The van der Waals surface area contributed by atoms with Gasteiger partial charge in [-0.1, -0.05) is 32.9 Å². The zero-order valence-corrected chi connectivity index (χ0v) is 16.1. The van der Waals surface area contributed by atoms with Gasteiger partial charge in [0.15, 0.2) is 0 Å². The Morgan fingerprint density at radius 1 is 1.07 bits per heavy atom. The van der Waals surface area contributed by atoms with E-state index in [2.05, 4.69) is 10.6 Å². The number of benzene rings is 1. The largest absolute Gasteiger partial charge is 0.481 e. The third-order valence-corrected chi connectivity index (χ3v) is 4.84. The molecule has 3 N–H and O–H groups in total. The molecule has 0 aliphatic carbocycles. The molecule has 1 fully saturated rings. The first-order valence-corrected chi connectivity index (χ1v) is 9.11. The van der Waals surface area contributed by atoms with Crippen molar-refractivity contribution in [2.75, 3.05) is 19.8 Å². The van der Waals surface area contributed by atoms with Crippen LogP contribution in [0, 0.1) is 10.8 Å². The molecule has 0 bridgehead atoms. The summed E-state index contributed by atoms with van der Waals surface area (Å²) in [6, 6.07) is 6.90. The van der Waals surface area contributed by atoms with Crippen LogP contribution >= 0.6 is 0 Å². The van der Waals surface area contributed by atoms with E-state index in [1.165, 1.54) is 0 Å². The van der Waals surface area contributed by atoms with Gasteiger partial charge >= 0.3 is 5.97 Å². The van der Waals surface area contributed by atoms with Crippen molar-refractivity contribution in [2.24, 2.45) is 10.8 Å². The van der Waals surface area contributed by atoms with Crippen LogP contribution < -0.4 is 10.6 Å². The van der Waals surface area contributed by atoms with Crippen LogP contribution in [0.4, 0.5) is 0 Å². The molecule has 1 aromatic rings. The van der Waals surface area contributed by atoms with Gasteiger partial charge < -0.3 is 20.5 Å². The van der Waals surface area contributed by atoms with Crippen molar-refractivity contribution in [3.05, 3.63) is 35.4 Å². The maximum atomic E-state index is 12.4. The highest BCUT2D eigenvalue weighted by Crippen LogP contribution is 2.30. The molecule has 0 radical (unpaired) electrons. The second kappa shape index (κ2) is 8.52. The summed E-state index contributed by atoms with van der Waals surface area (Å²) < 4.78 is 5.23. The van der Waals surface area contributed by atoms with Crippen molar-refractivity contribution in [2.45, 2.75) is 40.2 Å². The number of nitrogens with one attached hydrogen (secondary N) is 2. The fourth-order valence-electron chi connectivity index (χ4n) is 2.80. The van der Waals surface area contributed by atoms with E-state index in [1.54, 1.807) is 24.3 Å². The number of carbonyl (C=O) groups excluding carboxylic acids is 2. The highest BCUT2D eigenvalue weighted by Gasteiger charge is 2.40. The number of ether oxygens (including phenoxy) is 1. The predicted octanol–water partition coefficient (Wildman–Crippen LogP) is 1.96. The molecule has 0 atom stereocenters. The van der Waals surface area contributed by atoms with Gasteiger partial charge in [-0.3, -0.25) is 14.4 Å². The Bertz CT molecular complexity index is 685. The first-order chi connectivity index (χ1) is 12.6. The van der Waals surface area contributed by atoms with Crippen LogP contribution in [0.25, 0.3) is 0 Å². The molecular formula is C20H28N2O5. The molecule has 7 heteroatoms. The van der Waals surface area contributed by atoms with E-state index in [4.69, 9.17) is 4.74 Å². The fraction of sp³-hybridized carbons (Fsp3) is 0.550. The van der Waals surface area contributed by atoms with E-state index in [9.17, 15) is 19.5 Å². The predicted molar refractivity (Wildman–Crippen MR) is 100 cm³/mol. The van der Waals surface area contributed by atoms with Crippen molar-refractivity contribution >= 4 is 17.8 Å². The number of amides is 2. The van der Waals surface area contributed by atoms with Gasteiger partial charge in [-0.2, -0.15) is 0 Å². The van der Waals surface area contributed by atoms with Crippen LogP contribution in [-0.4, -0.2) is 42.6 Å². The second-order valence-electron chi connectivity index (χ2n) is 8.01. The van der Waals surface area contributed by atoms with Crippen LogP contribution in [0.2, 0.25) is 0 Å². The number of hydrogen-bond acceptors (Lipinski definition) is 4. The minimum Gasteiger partial charge on any atom is -0.481 e. The minimum absolute atomic E-state index is 0.0419. The quantitative estimate of drug-likeness (QED) is 0.704. The van der Waals surface area contributed by atoms with Crippen LogP contribution in [-0.2, 0) is 20.9 Å². The van der Waals surface area contributed by atoms with E-state index in [1.807, 2.05) is 20.8 Å². The molecule has 2 rings (SSSR count). The molecular weight excluding hydrogens is 348 g/mol. The molecule has 0 aromatic heterocycles. The number of rotatable bonds is 6. The summed E-state index contributed by atoms with van der Waals surface area (Å²) in [5, 5.41) is 15.1. The molecule has 0 saturated carbocycles. The lowest BCUT2D eigenvalue weighted by Gasteiger charge is -2.33. The lowest BCUT2D eigenvalue weighted by molar-refractivity contribution is -0.154. The fourth-order valence-corrected chi connectivity index (χ4v) is 2.80. The molecule has 1 heterocycles. The molecule has 27 heavy (non-hydrogen) atoms. The average Bonchev–Trinajstić information content (AvgIpc) is 2.64. The van der Waals surface area contributed by atoms with Gasteiger partial charge in [0, 0.05) is 37.3 Å². The SMILES string of the molecule is CC(C)(C)C(=O)NCc1ccc(C(=O)NCC2(C(=O)O)CCOCC2)cc1. The van der Waals surface area contributed by atoms with E-state index >= 15 is 0 Å². The first kappa shape index (κ1) is 20.9. The smallest absolute Gasteiger partial charge is 0.311 e. The second-order valence-corrected chi connectivity index (χ2v) is 8.01. The monoisotopic (exact) mass is 376 g/mol. The average molecular weight is 376 g/mol. The molecule has 0 spiro atoms. The third-order valence-electron chi connectivity index (χ3n) is 4.84. The van der Waals surface area contributed by atoms with E-state index in [0.29, 0.717) is 38.2 Å². The molecule has 2 amide bonds. The Kier molecular flexibility index (Phi) is 6.59. The number of hydrogen-bond donors (Lipinski definition) is 3. The van der Waals surface area contributed by atoms with Crippen LogP contribution in [0.15, 0.2) is 24.3 Å². The molecule has 1 aliphatic heterocycles. The van der Waals surface area contributed by atoms with Crippen molar-refractivity contribution in [1.29, 1.82) is 0 Å². The molecule has 0 unspecified atom stereocenters. The molecule has 148 valence electrons. The third kappa shape index (κ3) is 5.53. The van der Waals surface area contributed by atoms with Crippen molar-refractivity contribution in [3.63, 3.8) is 0 Å². The standard InChI is InChI=1S/C20H28N2O5/c1-19(2,3)17(24)21-12-14-4-6-15(7-5-14)16(23)22-13-20(18(25)26)8-10-27-11-9-20/h4-7H,8-13H2,1-3H3,(H,21,24)(H,22,23)(H,25,26). The lowest BCUT2D eigenvalue weighted by atomic mass is 9.80. The Morgan fingerprint density at radius 2 is 1.67 bits per heavy atom. The summed E-state index contributed by atoms with van der Waals surface area (Å²) in [4.78, 5) is 35.9. The maximum absolute atomic E-state index is 12.4. The van der Waals surface area contributed by atoms with Crippen molar-refractivity contribution in [1.82, 2.24) is 10.6 Å². The topological polar surface area (TPSA) is 105 Å². The Hall–Kier alpha value is -2.41. The van der Waals surface area contributed by atoms with Gasteiger partial charge in [0.05, 0.1) is 5.41 Å². The van der Waals surface area contributed by atoms with Gasteiger partial charge in [0.25, 0.3) is 5.91 Å². The highest BCUT2D eigenvalue weighted by molar-refractivity contribution is 5.94. The molecule has 1 saturated heterocycles. The minimum atomic E-state index is -0.967. The van der Waals surface area contributed by atoms with Crippen LogP contribution in [0.5, 0.6) is 0 Å². The summed E-state index contributed by atoms with van der Waals surface area (Å²) >= 11 is 0. The molecule has 7 nitrogen and oxygen atoms in total. The number of aliphatic carboxylic acids is 1. The maximum Gasteiger partial charge on any atom is 0.311 e. The van der Waals surface area contributed by atoms with E-state index < -0.39 is 16.8 Å². The van der Waals surface area contributed by atoms with Crippen LogP contribution in [0.1, 0.15) is 49.5 Å². The summed E-state index contributed by atoms with van der Waals surface area (Å²) in [5.74, 6) is -1.26. The normalized spacial score (nSPS) is 16.4. The summed E-state index contributed by atoms with van der Waals surface area (Å²) in [5.41, 5.74) is -0.0843. The van der Waals surface area contributed by atoms with Crippen molar-refractivity contribution < 1.29 is 24.2 Å². The lowest BCUT2D eigenvalue weighted by Crippen LogP contribution is -2.46. The van der Waals surface area contributed by atoms with Gasteiger partial charge in [-0.25, -0.2) is 0 Å². The summed E-state index contributed by atoms with van der Waals surface area (Å²) in [6.45, 7) is 6.77. The molecule has 1 aromatic carbocycles. The Balaban J connectivity index is 1.91. The highest BCUT2D eigenvalue weighted by atomic mass is 16.5. The van der Waals surface area contributed by atoms with Crippen molar-refractivity contribution in [3.8, 4) is 0 Å².